The van der Waals surface area contributed by atoms with Crippen molar-refractivity contribution in [2.45, 2.75) is 77.7 Å². The average Bonchev–Trinajstić information content (AvgIpc) is 3.34. The van der Waals surface area contributed by atoms with E-state index in [1.54, 1.807) is 25.1 Å². The number of aromatic hydroxyl groups is 1. The third kappa shape index (κ3) is 5.78. The Bertz CT molecular complexity index is 1540. The number of hydrogen-bond acceptors (Lipinski definition) is 5. The van der Waals surface area contributed by atoms with Gasteiger partial charge in [0.25, 0.3) is 0 Å². The van der Waals surface area contributed by atoms with Gasteiger partial charge in [0.2, 0.25) is 0 Å². The lowest BCUT2D eigenvalue weighted by Crippen LogP contribution is -2.38. The summed E-state index contributed by atoms with van der Waals surface area (Å²) in [5.74, 6) is -0.321. The number of hydrogen-bond donors (Lipinski definition) is 1. The van der Waals surface area contributed by atoms with Gasteiger partial charge in [-0.2, -0.15) is 0 Å². The number of carbonyl (C=O) groups excluding carboxylic acids is 1. The molecule has 1 N–H and O–H groups in total. The van der Waals surface area contributed by atoms with Crippen molar-refractivity contribution < 1.29 is 14.6 Å². The van der Waals surface area contributed by atoms with Crippen molar-refractivity contribution in [3.05, 3.63) is 94.5 Å². The lowest BCUT2D eigenvalue weighted by Gasteiger charge is -2.36. The van der Waals surface area contributed by atoms with Gasteiger partial charge in [-0.3, -0.25) is 0 Å². The van der Waals surface area contributed by atoms with Gasteiger partial charge in [-0.25, -0.2) is 4.79 Å². The number of phenols is 1. The zero-order valence-corrected chi connectivity index (χ0v) is 24.9. The van der Waals surface area contributed by atoms with Gasteiger partial charge < -0.3 is 9.84 Å². The number of aromatic nitrogens is 3. The molecule has 0 fully saturated rings. The lowest BCUT2D eigenvalue weighted by atomic mass is 9.72. The average molecular weight is 560 g/mol. The van der Waals surface area contributed by atoms with Crippen LogP contribution in [0.5, 0.6) is 5.75 Å². The van der Waals surface area contributed by atoms with E-state index in [1.807, 2.05) is 30.3 Å². The third-order valence-corrected chi connectivity index (χ3v) is 8.02. The molecule has 0 bridgehead atoms. The first-order valence-corrected chi connectivity index (χ1v) is 14.1. The van der Waals surface area contributed by atoms with Crippen LogP contribution in [0.2, 0.25) is 5.02 Å². The van der Waals surface area contributed by atoms with Crippen molar-refractivity contribution in [1.82, 2.24) is 15.0 Å². The zero-order chi connectivity index (χ0) is 29.2. The molecule has 3 aromatic carbocycles. The summed E-state index contributed by atoms with van der Waals surface area (Å²) >= 11 is 6.21. The van der Waals surface area contributed by atoms with Gasteiger partial charge in [0.1, 0.15) is 28.6 Å². The van der Waals surface area contributed by atoms with Crippen LogP contribution in [0.3, 0.4) is 0 Å². The van der Waals surface area contributed by atoms with Crippen LogP contribution in [-0.4, -0.2) is 32.2 Å². The summed E-state index contributed by atoms with van der Waals surface area (Å²) in [7, 11) is 0. The van der Waals surface area contributed by atoms with Crippen LogP contribution in [0.4, 0.5) is 0 Å². The van der Waals surface area contributed by atoms with Crippen LogP contribution in [-0.2, 0) is 20.4 Å². The minimum absolute atomic E-state index is 0.0869. The molecule has 40 heavy (non-hydrogen) atoms. The number of halogens is 1. The third-order valence-electron chi connectivity index (χ3n) is 7.78. The number of nitrogens with zero attached hydrogens (tertiary/aromatic N) is 3. The van der Waals surface area contributed by atoms with Crippen molar-refractivity contribution in [2.75, 3.05) is 0 Å². The van der Waals surface area contributed by atoms with Gasteiger partial charge in [-0.05, 0) is 48.7 Å². The lowest BCUT2D eigenvalue weighted by molar-refractivity contribution is -0.148. The Hall–Kier alpha value is -3.64. The van der Waals surface area contributed by atoms with Gasteiger partial charge >= 0.3 is 5.97 Å². The van der Waals surface area contributed by atoms with E-state index < -0.39 is 22.9 Å². The molecule has 1 atom stereocenters. The molecule has 0 aliphatic carbocycles. The minimum atomic E-state index is -0.611. The summed E-state index contributed by atoms with van der Waals surface area (Å²) in [6.45, 7) is 15.9. The van der Waals surface area contributed by atoms with Crippen molar-refractivity contribution in [1.29, 1.82) is 0 Å². The molecule has 1 aromatic heterocycles. The highest BCUT2D eigenvalue weighted by molar-refractivity contribution is 6.31. The first kappa shape index (κ1) is 29.3. The van der Waals surface area contributed by atoms with Crippen LogP contribution in [0.1, 0.15) is 77.5 Å². The predicted molar refractivity (Wildman–Crippen MR) is 161 cm³/mol. The molecule has 4 aromatic rings. The van der Waals surface area contributed by atoms with Gasteiger partial charge in [0, 0.05) is 27.0 Å². The Morgan fingerprint density at radius 2 is 1.70 bits per heavy atom. The molecule has 7 heteroatoms. The molecule has 0 amide bonds. The second-order valence-corrected chi connectivity index (χ2v) is 12.0. The van der Waals surface area contributed by atoms with Gasteiger partial charge in [0.05, 0.1) is 0 Å². The maximum Gasteiger partial charge on any atom is 0.333 e. The van der Waals surface area contributed by atoms with Crippen molar-refractivity contribution in [3.63, 3.8) is 0 Å². The summed E-state index contributed by atoms with van der Waals surface area (Å²) in [4.78, 5) is 14.1. The maximum atomic E-state index is 12.7. The van der Waals surface area contributed by atoms with E-state index >= 15 is 0 Å². The quantitative estimate of drug-likeness (QED) is 0.157. The molecule has 4 rings (SSSR count). The van der Waals surface area contributed by atoms with E-state index in [1.165, 1.54) is 4.80 Å². The summed E-state index contributed by atoms with van der Waals surface area (Å²) in [6.07, 6.45) is 2.15. The maximum absolute atomic E-state index is 12.7. The number of fused-ring (bicyclic) bond motifs is 1. The normalized spacial score (nSPS) is 12.9. The number of carbonyl (C=O) groups is 1. The van der Waals surface area contributed by atoms with Crippen LogP contribution >= 0.6 is 11.6 Å². The first-order chi connectivity index (χ1) is 18.9. The fourth-order valence-electron chi connectivity index (χ4n) is 5.00. The molecule has 1 heterocycles. The molecule has 0 spiro atoms. The van der Waals surface area contributed by atoms with Gasteiger partial charge in [-0.1, -0.05) is 102 Å². The fraction of sp³-hybridized carbons (Fsp3) is 0.364. The second-order valence-electron chi connectivity index (χ2n) is 11.5. The highest BCUT2D eigenvalue weighted by atomic mass is 35.5. The fourth-order valence-corrected chi connectivity index (χ4v) is 5.16. The molecule has 0 aliphatic heterocycles. The molecular weight excluding hydrogens is 522 g/mol. The molecule has 1 unspecified atom stereocenters. The van der Waals surface area contributed by atoms with E-state index in [0.717, 1.165) is 29.5 Å². The van der Waals surface area contributed by atoms with E-state index in [-0.39, 0.29) is 5.75 Å². The van der Waals surface area contributed by atoms with Gasteiger partial charge in [0.15, 0.2) is 0 Å². The zero-order valence-electron chi connectivity index (χ0n) is 24.2. The largest absolute Gasteiger partial charge is 0.505 e. The number of benzene rings is 3. The van der Waals surface area contributed by atoms with E-state index in [9.17, 15) is 9.90 Å². The van der Waals surface area contributed by atoms with Crippen LogP contribution in [0.15, 0.2) is 72.8 Å². The van der Waals surface area contributed by atoms with E-state index in [4.69, 9.17) is 16.3 Å². The molecule has 210 valence electrons. The van der Waals surface area contributed by atoms with Crippen LogP contribution in [0.25, 0.3) is 16.7 Å². The molecule has 0 saturated carbocycles. The Labute approximate surface area is 241 Å². The van der Waals surface area contributed by atoms with Crippen LogP contribution < -0.4 is 0 Å². The molecular formula is C33H38ClN3O3. The summed E-state index contributed by atoms with van der Waals surface area (Å²) < 4.78 is 6.03. The van der Waals surface area contributed by atoms with E-state index in [2.05, 4.69) is 63.5 Å². The van der Waals surface area contributed by atoms with Crippen molar-refractivity contribution in [3.8, 4) is 11.4 Å². The molecule has 6 nitrogen and oxygen atoms in total. The summed E-state index contributed by atoms with van der Waals surface area (Å²) in [6, 6.07) is 19.3. The standard InChI is InChI=1S/C33H38ClN3O3/c1-8-9-15-29(40-31(39)21(2)3)33(6,7)23-18-25(32(4,5)22-13-11-10-12-14-22)30(38)28(19-23)37-35-26-17-16-24(34)20-27(26)36-37/h10-14,16-20,29,38H,2,8-9,15H2,1,3-7H3. The smallest absolute Gasteiger partial charge is 0.333 e. The minimum Gasteiger partial charge on any atom is -0.505 e. The van der Waals surface area contributed by atoms with E-state index in [0.29, 0.717) is 33.7 Å². The number of unbranched alkanes of at least 4 members (excludes halogenated alkanes) is 1. The highest BCUT2D eigenvalue weighted by Gasteiger charge is 2.37. The number of rotatable bonds is 10. The summed E-state index contributed by atoms with van der Waals surface area (Å²) in [5, 5.41) is 21.7. The SMILES string of the molecule is C=C(C)C(=O)OC(CCCC)C(C)(C)c1cc(-n2nc3ccc(Cl)cc3n2)c(O)c(C(C)(C)c2ccccc2)c1. The van der Waals surface area contributed by atoms with Crippen molar-refractivity contribution >= 4 is 28.6 Å². The number of ether oxygens (including phenoxy) is 1. The Morgan fingerprint density at radius 1 is 1.02 bits per heavy atom. The highest BCUT2D eigenvalue weighted by Crippen LogP contribution is 2.44. The Balaban J connectivity index is 1.95. The second kappa shape index (κ2) is 11.5. The molecule has 0 aliphatic rings. The number of esters is 1. The van der Waals surface area contributed by atoms with Crippen LogP contribution in [0, 0.1) is 0 Å². The van der Waals surface area contributed by atoms with Crippen molar-refractivity contribution in [2.24, 2.45) is 0 Å². The first-order valence-electron chi connectivity index (χ1n) is 13.7. The monoisotopic (exact) mass is 559 g/mol. The number of phenolic OH excluding ortho intramolecular Hbond substituents is 1. The topological polar surface area (TPSA) is 77.2 Å². The predicted octanol–water partition coefficient (Wildman–Crippen LogP) is 8.06. The Morgan fingerprint density at radius 3 is 2.35 bits per heavy atom. The summed E-state index contributed by atoms with van der Waals surface area (Å²) in [5.41, 5.74) is 3.58. The molecule has 0 radical (unpaired) electrons. The molecule has 0 saturated heterocycles. The Kier molecular flexibility index (Phi) is 8.41. The van der Waals surface area contributed by atoms with Gasteiger partial charge in [-0.15, -0.1) is 15.0 Å².